The summed E-state index contributed by atoms with van der Waals surface area (Å²) in [4.78, 5) is 12.3. The molecule has 0 bridgehead atoms. The minimum absolute atomic E-state index is 0.242. The van der Waals surface area contributed by atoms with Gasteiger partial charge in [-0.1, -0.05) is 12.1 Å². The molecule has 0 amide bonds. The van der Waals surface area contributed by atoms with E-state index in [1.807, 2.05) is 7.05 Å². The predicted molar refractivity (Wildman–Crippen MR) is 94.8 cm³/mol. The molecule has 0 radical (unpaired) electrons. The van der Waals surface area contributed by atoms with Gasteiger partial charge < -0.3 is 10.1 Å². The second-order valence-corrected chi connectivity index (χ2v) is 8.96. The number of sulfonamides is 1. The molecule has 1 aliphatic heterocycles. The first-order valence-corrected chi connectivity index (χ1v) is 10.2. The molecule has 1 aliphatic carbocycles. The van der Waals surface area contributed by atoms with Crippen molar-refractivity contribution in [3.8, 4) is 0 Å². The van der Waals surface area contributed by atoms with Crippen molar-refractivity contribution >= 4 is 16.0 Å². The van der Waals surface area contributed by atoms with Crippen LogP contribution in [0.25, 0.3) is 0 Å². The standard InChI is InChI=1S/C18H26N2O4S/c1-19-12-14-4-3-11-20(13-14)25(22,23)16-7-5-15(6-8-16)18(9-10-18)17(21)24-2/h5-8,14,19H,3-4,9-13H2,1-2H3. The van der Waals surface area contributed by atoms with Crippen LogP contribution in [0.4, 0.5) is 0 Å². The summed E-state index contributed by atoms with van der Waals surface area (Å²) in [5, 5.41) is 3.13. The summed E-state index contributed by atoms with van der Waals surface area (Å²) in [5.74, 6) is 0.107. The highest BCUT2D eigenvalue weighted by atomic mass is 32.2. The van der Waals surface area contributed by atoms with Gasteiger partial charge in [0.25, 0.3) is 0 Å². The first-order chi connectivity index (χ1) is 11.9. The molecule has 2 fully saturated rings. The van der Waals surface area contributed by atoms with E-state index in [-0.39, 0.29) is 5.97 Å². The number of ether oxygens (including phenoxy) is 1. The third-order valence-corrected chi connectivity index (χ3v) is 7.22. The molecule has 1 heterocycles. The number of hydrogen-bond donors (Lipinski definition) is 1. The fourth-order valence-electron chi connectivity index (χ4n) is 3.73. The third kappa shape index (κ3) is 3.45. The lowest BCUT2D eigenvalue weighted by atomic mass is 9.96. The minimum atomic E-state index is -3.49. The van der Waals surface area contributed by atoms with Gasteiger partial charge >= 0.3 is 5.97 Å². The molecule has 25 heavy (non-hydrogen) atoms. The summed E-state index contributed by atoms with van der Waals surface area (Å²) >= 11 is 0. The summed E-state index contributed by atoms with van der Waals surface area (Å²) < 4.78 is 32.3. The lowest BCUT2D eigenvalue weighted by Gasteiger charge is -2.31. The number of rotatable bonds is 6. The van der Waals surface area contributed by atoms with Crippen molar-refractivity contribution < 1.29 is 17.9 Å². The van der Waals surface area contributed by atoms with E-state index >= 15 is 0 Å². The minimum Gasteiger partial charge on any atom is -0.468 e. The molecule has 0 spiro atoms. The van der Waals surface area contributed by atoms with Gasteiger partial charge in [-0.25, -0.2) is 8.42 Å². The van der Waals surface area contributed by atoms with Crippen LogP contribution < -0.4 is 5.32 Å². The topological polar surface area (TPSA) is 75.7 Å². The third-order valence-electron chi connectivity index (χ3n) is 5.35. The number of nitrogens with zero attached hydrogens (tertiary/aromatic N) is 1. The Morgan fingerprint density at radius 1 is 1.32 bits per heavy atom. The summed E-state index contributed by atoms with van der Waals surface area (Å²) in [7, 11) is -0.213. The van der Waals surface area contributed by atoms with Crippen LogP contribution in [-0.4, -0.2) is 52.5 Å². The number of carbonyl (C=O) groups is 1. The van der Waals surface area contributed by atoms with E-state index in [0.29, 0.717) is 23.9 Å². The Morgan fingerprint density at radius 2 is 2.00 bits per heavy atom. The molecule has 1 N–H and O–H groups in total. The largest absolute Gasteiger partial charge is 0.468 e. The van der Waals surface area contributed by atoms with Gasteiger partial charge in [0.1, 0.15) is 0 Å². The van der Waals surface area contributed by atoms with Crippen molar-refractivity contribution in [2.45, 2.75) is 36.0 Å². The van der Waals surface area contributed by atoms with Crippen molar-refractivity contribution in [3.63, 3.8) is 0 Å². The monoisotopic (exact) mass is 366 g/mol. The van der Waals surface area contributed by atoms with Gasteiger partial charge in [0.2, 0.25) is 10.0 Å². The second kappa shape index (κ2) is 7.05. The molecule has 0 aromatic heterocycles. The number of carbonyl (C=O) groups excluding carboxylic acids is 1. The van der Waals surface area contributed by atoms with E-state index < -0.39 is 15.4 Å². The summed E-state index contributed by atoms with van der Waals surface area (Å²) in [6.07, 6.45) is 3.44. The van der Waals surface area contributed by atoms with Gasteiger partial charge in [0.05, 0.1) is 17.4 Å². The fourth-order valence-corrected chi connectivity index (χ4v) is 5.28. The molecule has 2 aliphatic rings. The zero-order chi connectivity index (χ0) is 18.1. The smallest absolute Gasteiger partial charge is 0.316 e. The van der Waals surface area contributed by atoms with Crippen molar-refractivity contribution in [3.05, 3.63) is 29.8 Å². The molecule has 6 nitrogen and oxygen atoms in total. The van der Waals surface area contributed by atoms with E-state index in [4.69, 9.17) is 4.74 Å². The molecule has 3 rings (SSSR count). The maximum absolute atomic E-state index is 12.9. The highest BCUT2D eigenvalue weighted by Gasteiger charge is 2.52. The summed E-state index contributed by atoms with van der Waals surface area (Å²) in [6, 6.07) is 6.75. The number of hydrogen-bond acceptors (Lipinski definition) is 5. The Balaban J connectivity index is 1.78. The first-order valence-electron chi connectivity index (χ1n) is 8.78. The molecule has 1 saturated heterocycles. The number of piperidine rings is 1. The van der Waals surface area contributed by atoms with E-state index in [9.17, 15) is 13.2 Å². The molecular formula is C18H26N2O4S. The molecule has 1 aromatic carbocycles. The van der Waals surface area contributed by atoms with Gasteiger partial charge in [-0.15, -0.1) is 0 Å². The van der Waals surface area contributed by atoms with Crippen LogP contribution in [0.2, 0.25) is 0 Å². The zero-order valence-electron chi connectivity index (χ0n) is 14.8. The van der Waals surface area contributed by atoms with Crippen LogP contribution in [0.5, 0.6) is 0 Å². The Labute approximate surface area is 149 Å². The maximum atomic E-state index is 12.9. The molecule has 1 atom stereocenters. The van der Waals surface area contributed by atoms with E-state index in [1.54, 1.807) is 28.6 Å². The lowest BCUT2D eigenvalue weighted by Crippen LogP contribution is -2.42. The zero-order valence-corrected chi connectivity index (χ0v) is 15.6. The van der Waals surface area contributed by atoms with Crippen molar-refractivity contribution in [1.82, 2.24) is 9.62 Å². The number of benzene rings is 1. The molecular weight excluding hydrogens is 340 g/mol. The normalized spacial score (nSPS) is 23.2. The Bertz CT molecular complexity index is 724. The van der Waals surface area contributed by atoms with Gasteiger partial charge in [0, 0.05) is 13.1 Å². The summed E-state index contributed by atoms with van der Waals surface area (Å²) in [6.45, 7) is 1.94. The highest BCUT2D eigenvalue weighted by Crippen LogP contribution is 2.49. The van der Waals surface area contributed by atoms with Crippen molar-refractivity contribution in [2.24, 2.45) is 5.92 Å². The van der Waals surface area contributed by atoms with Crippen LogP contribution in [0.15, 0.2) is 29.2 Å². The highest BCUT2D eigenvalue weighted by molar-refractivity contribution is 7.89. The number of methoxy groups -OCH3 is 1. The molecule has 1 saturated carbocycles. The second-order valence-electron chi connectivity index (χ2n) is 7.03. The summed E-state index contributed by atoms with van der Waals surface area (Å²) in [5.41, 5.74) is 0.269. The molecule has 7 heteroatoms. The van der Waals surface area contributed by atoms with Crippen LogP contribution in [0.1, 0.15) is 31.2 Å². The van der Waals surface area contributed by atoms with Gasteiger partial charge in [0.15, 0.2) is 0 Å². The SMILES string of the molecule is CNCC1CCCN(S(=O)(=O)c2ccc(C3(C(=O)OC)CC3)cc2)C1. The Morgan fingerprint density at radius 3 is 2.56 bits per heavy atom. The van der Waals surface area contributed by atoms with Crippen molar-refractivity contribution in [1.29, 1.82) is 0 Å². The molecule has 1 aromatic rings. The average molecular weight is 366 g/mol. The Hall–Kier alpha value is -1.44. The first kappa shape index (κ1) is 18.4. The van der Waals surface area contributed by atoms with Gasteiger partial charge in [-0.2, -0.15) is 4.31 Å². The predicted octanol–water partition coefficient (Wildman–Crippen LogP) is 1.51. The van der Waals surface area contributed by atoms with Crippen LogP contribution in [-0.2, 0) is 25.0 Å². The van der Waals surface area contributed by atoms with Gasteiger partial charge in [-0.3, -0.25) is 4.79 Å². The maximum Gasteiger partial charge on any atom is 0.316 e. The van der Waals surface area contributed by atoms with E-state index in [2.05, 4.69) is 5.32 Å². The number of nitrogens with one attached hydrogen (secondary N) is 1. The molecule has 138 valence electrons. The van der Waals surface area contributed by atoms with E-state index in [0.717, 1.165) is 37.8 Å². The molecule has 1 unspecified atom stereocenters. The van der Waals surface area contributed by atoms with Crippen LogP contribution in [0.3, 0.4) is 0 Å². The van der Waals surface area contributed by atoms with E-state index in [1.165, 1.54) is 7.11 Å². The average Bonchev–Trinajstić information content (AvgIpc) is 3.44. The fraction of sp³-hybridized carbons (Fsp3) is 0.611. The quantitative estimate of drug-likeness (QED) is 0.773. The van der Waals surface area contributed by atoms with Crippen LogP contribution >= 0.6 is 0 Å². The van der Waals surface area contributed by atoms with Crippen LogP contribution in [0, 0.1) is 5.92 Å². The lowest BCUT2D eigenvalue weighted by molar-refractivity contribution is -0.143. The number of esters is 1. The van der Waals surface area contributed by atoms with Crippen molar-refractivity contribution in [2.75, 3.05) is 33.8 Å². The van der Waals surface area contributed by atoms with Gasteiger partial charge in [-0.05, 0) is 62.9 Å². The Kier molecular flexibility index (Phi) is 5.18.